The summed E-state index contributed by atoms with van der Waals surface area (Å²) in [6.07, 6.45) is 0. The van der Waals surface area contributed by atoms with Gasteiger partial charge in [0.05, 0.1) is 25.3 Å². The monoisotopic (exact) mass is 422 g/mol. The highest BCUT2D eigenvalue weighted by Gasteiger charge is 2.22. The van der Waals surface area contributed by atoms with Gasteiger partial charge in [-0.15, -0.1) is 5.10 Å². The summed E-state index contributed by atoms with van der Waals surface area (Å²) in [5.74, 6) is -0.884. The van der Waals surface area contributed by atoms with Gasteiger partial charge in [-0.3, -0.25) is 9.59 Å². The third-order valence-corrected chi connectivity index (χ3v) is 4.39. The van der Waals surface area contributed by atoms with E-state index in [-0.39, 0.29) is 23.3 Å². The Morgan fingerprint density at radius 3 is 2.65 bits per heavy atom. The van der Waals surface area contributed by atoms with Gasteiger partial charge in [0, 0.05) is 12.6 Å². The van der Waals surface area contributed by atoms with E-state index in [9.17, 15) is 14.1 Å². The summed E-state index contributed by atoms with van der Waals surface area (Å²) >= 11 is 0. The van der Waals surface area contributed by atoms with Crippen molar-refractivity contribution in [2.45, 2.75) is 13.1 Å². The van der Waals surface area contributed by atoms with Crippen molar-refractivity contribution < 1.29 is 18.8 Å². The summed E-state index contributed by atoms with van der Waals surface area (Å²) in [6.45, 7) is -0.810. The highest BCUT2D eigenvalue weighted by molar-refractivity contribution is 5.91. The normalized spacial score (nSPS) is 10.3. The zero-order chi connectivity index (χ0) is 22.4. The Labute approximate surface area is 177 Å². The molecule has 1 aromatic heterocycles. The largest absolute Gasteiger partial charge is 0.497 e. The first-order valence-corrected chi connectivity index (χ1v) is 9.21. The lowest BCUT2D eigenvalue weighted by atomic mass is 10.1. The number of ether oxygens (including phenoxy) is 1. The van der Waals surface area contributed by atoms with Crippen LogP contribution in [0.2, 0.25) is 0 Å². The number of hydrogen-bond acceptors (Lipinski definition) is 6. The van der Waals surface area contributed by atoms with E-state index in [1.165, 1.54) is 14.2 Å². The Bertz CT molecular complexity index is 1140. The summed E-state index contributed by atoms with van der Waals surface area (Å²) < 4.78 is 20.6. The number of carbonyl (C=O) groups is 2. The molecule has 31 heavy (non-hydrogen) atoms. The van der Waals surface area contributed by atoms with Crippen LogP contribution in [0.1, 0.15) is 21.7 Å². The minimum absolute atomic E-state index is 0.0471. The summed E-state index contributed by atoms with van der Waals surface area (Å²) in [5.41, 5.74) is 1.54. The molecule has 3 aromatic rings. The van der Waals surface area contributed by atoms with Crippen LogP contribution in [0.3, 0.4) is 0 Å². The van der Waals surface area contributed by atoms with Crippen molar-refractivity contribution in [1.29, 1.82) is 5.26 Å². The molecule has 0 aliphatic carbocycles. The summed E-state index contributed by atoms with van der Waals surface area (Å²) in [7, 11) is 2.91. The number of carbonyl (C=O) groups excluding carboxylic acids is 2. The van der Waals surface area contributed by atoms with Crippen LogP contribution in [0, 0.1) is 11.3 Å². The van der Waals surface area contributed by atoms with Crippen LogP contribution < -0.4 is 10.1 Å². The molecule has 2 aromatic carbocycles. The van der Waals surface area contributed by atoms with Crippen molar-refractivity contribution in [2.24, 2.45) is 0 Å². The zero-order valence-corrected chi connectivity index (χ0v) is 16.9. The molecule has 0 fully saturated rings. The maximum Gasteiger partial charge on any atom is 0.288 e. The van der Waals surface area contributed by atoms with Crippen LogP contribution in [0.25, 0.3) is 11.4 Å². The smallest absolute Gasteiger partial charge is 0.288 e. The number of nitrogens with one attached hydrogen (secondary N) is 1. The summed E-state index contributed by atoms with van der Waals surface area (Å²) in [5, 5.41) is 15.6. The first kappa shape index (κ1) is 21.4. The second-order valence-corrected chi connectivity index (χ2v) is 6.45. The SMILES string of the molecule is CNC(=O)c1nc(-c2ccc(C#N)cc2)nn1CC(=O)N(F)Cc1cccc(OC)c1. The van der Waals surface area contributed by atoms with Gasteiger partial charge < -0.3 is 10.1 Å². The van der Waals surface area contributed by atoms with Crippen LogP contribution in [0.4, 0.5) is 4.48 Å². The molecule has 10 heteroatoms. The van der Waals surface area contributed by atoms with Gasteiger partial charge in [0.2, 0.25) is 5.82 Å². The molecule has 0 bridgehead atoms. The average Bonchev–Trinajstić information content (AvgIpc) is 3.22. The van der Waals surface area contributed by atoms with Gasteiger partial charge >= 0.3 is 0 Å². The van der Waals surface area contributed by atoms with Crippen LogP contribution in [0.15, 0.2) is 48.5 Å². The minimum atomic E-state index is -0.899. The van der Waals surface area contributed by atoms with Crippen molar-refractivity contribution in [3.63, 3.8) is 0 Å². The third kappa shape index (κ3) is 5.02. The van der Waals surface area contributed by atoms with Crippen molar-refractivity contribution in [1.82, 2.24) is 25.2 Å². The van der Waals surface area contributed by atoms with Crippen molar-refractivity contribution >= 4 is 11.8 Å². The minimum Gasteiger partial charge on any atom is -0.497 e. The number of rotatable bonds is 7. The van der Waals surface area contributed by atoms with E-state index in [1.807, 2.05) is 6.07 Å². The third-order valence-electron chi connectivity index (χ3n) is 4.39. The maximum atomic E-state index is 14.5. The Morgan fingerprint density at radius 1 is 1.26 bits per heavy atom. The molecule has 1 N–H and O–H groups in total. The highest BCUT2D eigenvalue weighted by Crippen LogP contribution is 2.18. The molecular weight excluding hydrogens is 403 g/mol. The van der Waals surface area contributed by atoms with Gasteiger partial charge in [-0.1, -0.05) is 16.6 Å². The zero-order valence-electron chi connectivity index (χ0n) is 16.9. The number of methoxy groups -OCH3 is 1. The fourth-order valence-corrected chi connectivity index (χ4v) is 2.77. The average molecular weight is 422 g/mol. The Kier molecular flexibility index (Phi) is 6.57. The topological polar surface area (TPSA) is 113 Å². The van der Waals surface area contributed by atoms with E-state index in [0.29, 0.717) is 22.4 Å². The van der Waals surface area contributed by atoms with Crippen LogP contribution in [-0.2, 0) is 17.9 Å². The lowest BCUT2D eigenvalue weighted by Crippen LogP contribution is -2.30. The summed E-state index contributed by atoms with van der Waals surface area (Å²) in [6, 6.07) is 15.1. The van der Waals surface area contributed by atoms with E-state index in [4.69, 9.17) is 10.00 Å². The molecule has 0 radical (unpaired) electrons. The van der Waals surface area contributed by atoms with Crippen LogP contribution in [0.5, 0.6) is 5.75 Å². The maximum absolute atomic E-state index is 14.5. The highest BCUT2D eigenvalue weighted by atomic mass is 19.2. The Hall–Kier alpha value is -4.26. The van der Waals surface area contributed by atoms with Crippen LogP contribution in [-0.4, -0.2) is 45.9 Å². The molecule has 0 aliphatic heterocycles. The number of nitrogens with zero attached hydrogens (tertiary/aromatic N) is 5. The molecule has 3 rings (SSSR count). The number of aromatic nitrogens is 3. The molecule has 0 saturated carbocycles. The van der Waals surface area contributed by atoms with E-state index in [2.05, 4.69) is 15.4 Å². The predicted octanol–water partition coefficient (Wildman–Crippen LogP) is 2.10. The molecule has 0 atom stereocenters. The molecule has 9 nitrogen and oxygen atoms in total. The van der Waals surface area contributed by atoms with Gasteiger partial charge in [-0.2, -0.15) is 10.4 Å². The van der Waals surface area contributed by atoms with E-state index < -0.39 is 18.4 Å². The number of nitriles is 1. The van der Waals surface area contributed by atoms with E-state index in [0.717, 1.165) is 4.68 Å². The molecule has 0 unspecified atom stereocenters. The molecule has 0 aliphatic rings. The number of halogens is 1. The van der Waals surface area contributed by atoms with Crippen molar-refractivity contribution in [3.8, 4) is 23.2 Å². The Balaban J connectivity index is 1.81. The van der Waals surface area contributed by atoms with Gasteiger partial charge in [0.1, 0.15) is 12.3 Å². The fraction of sp³-hybridized carbons (Fsp3) is 0.190. The van der Waals surface area contributed by atoms with Gasteiger partial charge in [0.25, 0.3) is 11.8 Å². The summed E-state index contributed by atoms with van der Waals surface area (Å²) in [4.78, 5) is 28.8. The van der Waals surface area contributed by atoms with Crippen molar-refractivity contribution in [2.75, 3.05) is 14.2 Å². The number of hydrogen-bond donors (Lipinski definition) is 1. The molecule has 0 spiro atoms. The first-order valence-electron chi connectivity index (χ1n) is 9.21. The lowest BCUT2D eigenvalue weighted by Gasteiger charge is -2.13. The molecule has 0 saturated heterocycles. The fourth-order valence-electron chi connectivity index (χ4n) is 2.77. The van der Waals surface area contributed by atoms with Gasteiger partial charge in [0.15, 0.2) is 5.82 Å². The quantitative estimate of drug-likeness (QED) is 0.584. The lowest BCUT2D eigenvalue weighted by molar-refractivity contribution is -0.148. The van der Waals surface area contributed by atoms with Crippen LogP contribution >= 0.6 is 0 Å². The predicted molar refractivity (Wildman–Crippen MR) is 108 cm³/mol. The van der Waals surface area contributed by atoms with Gasteiger partial charge in [-0.25, -0.2) is 9.67 Å². The molecule has 1 heterocycles. The molecular formula is C21H19FN6O3. The molecule has 2 amide bonds. The second-order valence-electron chi connectivity index (χ2n) is 6.45. The van der Waals surface area contributed by atoms with Crippen molar-refractivity contribution in [3.05, 3.63) is 65.5 Å². The first-order chi connectivity index (χ1) is 14.9. The number of amides is 2. The molecule has 158 valence electrons. The van der Waals surface area contributed by atoms with E-state index >= 15 is 0 Å². The second kappa shape index (κ2) is 9.49. The number of benzene rings is 2. The standard InChI is InChI=1S/C21H19FN6O3/c1-24-21(30)20-25-19(16-8-6-14(11-23)7-9-16)26-28(20)13-18(29)27(22)12-15-4-3-5-17(10-15)31-2/h3-10H,12-13H2,1-2H3,(H,24,30). The van der Waals surface area contributed by atoms with E-state index in [1.54, 1.807) is 48.5 Å². The Morgan fingerprint density at radius 2 is 2.00 bits per heavy atom. The van der Waals surface area contributed by atoms with Gasteiger partial charge in [-0.05, 0) is 42.0 Å².